The molecule has 0 aliphatic carbocycles. The molecule has 1 amide bonds. The van der Waals surface area contributed by atoms with Crippen molar-refractivity contribution in [3.05, 3.63) is 23.8 Å². The molecule has 0 spiro atoms. The number of carbonyl (C=O) groups is 1. The highest BCUT2D eigenvalue weighted by Gasteiger charge is 2.14. The minimum absolute atomic E-state index is 0.0906. The normalized spacial score (nSPS) is 13.9. The van der Waals surface area contributed by atoms with Gasteiger partial charge >= 0.3 is 0 Å². The molecule has 2 rings (SSSR count). The molecule has 4 nitrogen and oxygen atoms in total. The van der Waals surface area contributed by atoms with Crippen molar-refractivity contribution in [2.75, 3.05) is 25.1 Å². The van der Waals surface area contributed by atoms with Crippen LogP contribution in [0.25, 0.3) is 0 Å². The van der Waals surface area contributed by atoms with Gasteiger partial charge in [0.2, 0.25) is 5.91 Å². The number of hydrogen-bond donors (Lipinski definition) is 1. The van der Waals surface area contributed by atoms with Crippen LogP contribution in [0.4, 0.5) is 5.69 Å². The van der Waals surface area contributed by atoms with Gasteiger partial charge < -0.3 is 14.8 Å². The summed E-state index contributed by atoms with van der Waals surface area (Å²) in [6.07, 6.45) is 2.24. The van der Waals surface area contributed by atoms with Gasteiger partial charge in [0.15, 0.2) is 0 Å². The molecule has 1 heterocycles. The molecule has 0 atom stereocenters. The van der Waals surface area contributed by atoms with Gasteiger partial charge in [-0.25, -0.2) is 0 Å². The number of ether oxygens (including phenoxy) is 2. The molecule has 0 unspecified atom stereocenters. The van der Waals surface area contributed by atoms with Gasteiger partial charge in [0.05, 0.1) is 6.61 Å². The Bertz CT molecular complexity index is 418. The second kappa shape index (κ2) is 6.40. The molecule has 0 saturated carbocycles. The van der Waals surface area contributed by atoms with Crippen molar-refractivity contribution in [1.29, 1.82) is 0 Å². The Kier molecular flexibility index (Phi) is 4.59. The van der Waals surface area contributed by atoms with E-state index in [0.717, 1.165) is 43.1 Å². The van der Waals surface area contributed by atoms with Gasteiger partial charge in [-0.1, -0.05) is 0 Å². The molecule has 98 valence electrons. The smallest absolute Gasteiger partial charge is 0.224 e. The summed E-state index contributed by atoms with van der Waals surface area (Å²) in [4.78, 5) is 11.2. The van der Waals surface area contributed by atoms with Crippen molar-refractivity contribution >= 4 is 11.6 Å². The lowest BCUT2D eigenvalue weighted by atomic mass is 10.0. The van der Waals surface area contributed by atoms with Crippen LogP contribution in [-0.2, 0) is 16.0 Å². The summed E-state index contributed by atoms with van der Waals surface area (Å²) in [5, 5.41) is 2.86. The minimum Gasteiger partial charge on any atom is -0.493 e. The van der Waals surface area contributed by atoms with E-state index in [-0.39, 0.29) is 5.91 Å². The monoisotopic (exact) mass is 249 g/mol. The molecule has 1 aromatic rings. The fraction of sp³-hybridized carbons (Fsp3) is 0.500. The van der Waals surface area contributed by atoms with Crippen LogP contribution in [-0.4, -0.2) is 25.7 Å². The van der Waals surface area contributed by atoms with Crippen LogP contribution in [0.2, 0.25) is 0 Å². The van der Waals surface area contributed by atoms with E-state index in [2.05, 4.69) is 5.32 Å². The molecule has 4 heteroatoms. The predicted molar refractivity (Wildman–Crippen MR) is 70.0 cm³/mol. The van der Waals surface area contributed by atoms with Crippen LogP contribution in [0, 0.1) is 0 Å². The molecule has 1 aliphatic heterocycles. The second-order valence-corrected chi connectivity index (χ2v) is 4.27. The summed E-state index contributed by atoms with van der Waals surface area (Å²) in [5.41, 5.74) is 2.06. The summed E-state index contributed by atoms with van der Waals surface area (Å²) >= 11 is 0. The Morgan fingerprint density at radius 1 is 1.28 bits per heavy atom. The topological polar surface area (TPSA) is 47.6 Å². The van der Waals surface area contributed by atoms with Crippen molar-refractivity contribution in [3.8, 4) is 5.75 Å². The lowest BCUT2D eigenvalue weighted by Crippen LogP contribution is -2.18. The number of fused-ring (bicyclic) bond motifs is 1. The molecule has 18 heavy (non-hydrogen) atoms. The molecule has 1 N–H and O–H groups in total. The number of amides is 1. The van der Waals surface area contributed by atoms with Crippen molar-refractivity contribution < 1.29 is 14.3 Å². The first-order valence-corrected chi connectivity index (χ1v) is 6.43. The van der Waals surface area contributed by atoms with Crippen LogP contribution < -0.4 is 10.1 Å². The maximum absolute atomic E-state index is 11.2. The van der Waals surface area contributed by atoms with Crippen molar-refractivity contribution in [2.45, 2.75) is 26.2 Å². The molecule has 1 aliphatic rings. The zero-order chi connectivity index (χ0) is 12.8. The first-order valence-electron chi connectivity index (χ1n) is 6.43. The van der Waals surface area contributed by atoms with Gasteiger partial charge in [0.25, 0.3) is 0 Å². The lowest BCUT2D eigenvalue weighted by Gasteiger charge is -2.17. The third-order valence-corrected chi connectivity index (χ3v) is 2.88. The molecule has 0 radical (unpaired) electrons. The molecule has 0 bridgehead atoms. The number of hydrogen-bond acceptors (Lipinski definition) is 3. The summed E-state index contributed by atoms with van der Waals surface area (Å²) < 4.78 is 10.9. The molecule has 1 aromatic carbocycles. The SMILES string of the molecule is CCOCCCOc1ccc2c(c1)CCC(=O)N2. The Labute approximate surface area is 107 Å². The number of nitrogens with one attached hydrogen (secondary N) is 1. The van der Waals surface area contributed by atoms with E-state index in [1.54, 1.807) is 0 Å². The number of benzene rings is 1. The molecule has 0 saturated heterocycles. The van der Waals surface area contributed by atoms with Gasteiger partial charge in [-0.3, -0.25) is 4.79 Å². The van der Waals surface area contributed by atoms with Gasteiger partial charge in [-0.05, 0) is 37.1 Å². The van der Waals surface area contributed by atoms with Crippen LogP contribution in [0.3, 0.4) is 0 Å². The lowest BCUT2D eigenvalue weighted by molar-refractivity contribution is -0.116. The van der Waals surface area contributed by atoms with Crippen LogP contribution in [0.1, 0.15) is 25.3 Å². The summed E-state index contributed by atoms with van der Waals surface area (Å²) in [6, 6.07) is 5.81. The average Bonchev–Trinajstić information content (AvgIpc) is 2.38. The first-order chi connectivity index (χ1) is 8.79. The van der Waals surface area contributed by atoms with E-state index < -0.39 is 0 Å². The van der Waals surface area contributed by atoms with Crippen LogP contribution >= 0.6 is 0 Å². The third-order valence-electron chi connectivity index (χ3n) is 2.88. The summed E-state index contributed by atoms with van der Waals surface area (Å²) in [5.74, 6) is 0.953. The Balaban J connectivity index is 1.85. The van der Waals surface area contributed by atoms with Gasteiger partial charge in [-0.2, -0.15) is 0 Å². The van der Waals surface area contributed by atoms with Crippen LogP contribution in [0.15, 0.2) is 18.2 Å². The highest BCUT2D eigenvalue weighted by molar-refractivity contribution is 5.93. The quantitative estimate of drug-likeness (QED) is 0.787. The molecular formula is C14H19NO3. The maximum Gasteiger partial charge on any atom is 0.224 e. The van der Waals surface area contributed by atoms with Crippen molar-refractivity contribution in [2.24, 2.45) is 0 Å². The van der Waals surface area contributed by atoms with E-state index in [1.807, 2.05) is 25.1 Å². The minimum atomic E-state index is 0.0906. The van der Waals surface area contributed by atoms with Crippen LogP contribution in [0.5, 0.6) is 5.75 Å². The van der Waals surface area contributed by atoms with Crippen molar-refractivity contribution in [1.82, 2.24) is 0 Å². The number of anilines is 1. The fourth-order valence-corrected chi connectivity index (χ4v) is 1.94. The number of carbonyl (C=O) groups excluding carboxylic acids is 1. The van der Waals surface area contributed by atoms with Crippen molar-refractivity contribution in [3.63, 3.8) is 0 Å². The maximum atomic E-state index is 11.2. The largest absolute Gasteiger partial charge is 0.493 e. The summed E-state index contributed by atoms with van der Waals surface area (Å²) in [6.45, 7) is 4.12. The van der Waals surface area contributed by atoms with Gasteiger partial charge in [0.1, 0.15) is 5.75 Å². The average molecular weight is 249 g/mol. The van der Waals surface area contributed by atoms with Gasteiger partial charge in [-0.15, -0.1) is 0 Å². The van der Waals surface area contributed by atoms with E-state index >= 15 is 0 Å². The van der Waals surface area contributed by atoms with E-state index in [0.29, 0.717) is 13.0 Å². The Morgan fingerprint density at radius 2 is 2.17 bits per heavy atom. The standard InChI is InChI=1S/C14H19NO3/c1-2-17-8-3-9-18-12-5-6-13-11(10-12)4-7-14(16)15-13/h5-6,10H,2-4,7-9H2,1H3,(H,15,16). The fourth-order valence-electron chi connectivity index (χ4n) is 1.94. The van der Waals surface area contributed by atoms with Gasteiger partial charge in [0, 0.05) is 31.7 Å². The number of aryl methyl sites for hydroxylation is 1. The second-order valence-electron chi connectivity index (χ2n) is 4.27. The predicted octanol–water partition coefficient (Wildman–Crippen LogP) is 2.38. The zero-order valence-corrected chi connectivity index (χ0v) is 10.7. The Morgan fingerprint density at radius 3 is 3.00 bits per heavy atom. The van der Waals surface area contributed by atoms with E-state index in [9.17, 15) is 4.79 Å². The number of rotatable bonds is 6. The molecular weight excluding hydrogens is 230 g/mol. The van der Waals surface area contributed by atoms with E-state index in [4.69, 9.17) is 9.47 Å². The van der Waals surface area contributed by atoms with E-state index in [1.165, 1.54) is 0 Å². The molecule has 0 fully saturated rings. The third kappa shape index (κ3) is 3.47. The summed E-state index contributed by atoms with van der Waals surface area (Å²) in [7, 11) is 0. The Hall–Kier alpha value is -1.55. The molecule has 0 aromatic heterocycles. The highest BCUT2D eigenvalue weighted by Crippen LogP contribution is 2.26. The zero-order valence-electron chi connectivity index (χ0n) is 10.7. The first kappa shape index (κ1) is 12.9. The highest BCUT2D eigenvalue weighted by atomic mass is 16.5.